The lowest BCUT2D eigenvalue weighted by atomic mass is 9.97. The third-order valence-corrected chi connectivity index (χ3v) is 3.79. The molecular weight excluding hydrogens is 345 g/mol. The zero-order valence-corrected chi connectivity index (χ0v) is 13.4. The molecule has 0 saturated carbocycles. The first-order valence-corrected chi connectivity index (χ1v) is 7.19. The molecule has 2 nitrogen and oxygen atoms in total. The van der Waals surface area contributed by atoms with Gasteiger partial charge in [-0.2, -0.15) is 0 Å². The van der Waals surface area contributed by atoms with E-state index in [0.29, 0.717) is 20.8 Å². The van der Waals surface area contributed by atoms with Gasteiger partial charge in [0.15, 0.2) is 0 Å². The summed E-state index contributed by atoms with van der Waals surface area (Å²) in [6.07, 6.45) is 0. The number of benzene rings is 2. The van der Waals surface area contributed by atoms with Crippen LogP contribution in [-0.2, 0) is 0 Å². The number of rotatable bonds is 4. The fourth-order valence-corrected chi connectivity index (χ4v) is 2.66. The van der Waals surface area contributed by atoms with Crippen molar-refractivity contribution in [2.24, 2.45) is 0 Å². The molecule has 0 fully saturated rings. The number of hydrogen-bond acceptors (Lipinski definition) is 2. The highest BCUT2D eigenvalue weighted by atomic mass is 79.9. The van der Waals surface area contributed by atoms with Gasteiger partial charge in [0.25, 0.3) is 0 Å². The maximum Gasteiger partial charge on any atom is 0.129 e. The molecule has 1 unspecified atom stereocenters. The van der Waals surface area contributed by atoms with Gasteiger partial charge >= 0.3 is 0 Å². The molecule has 0 saturated heterocycles. The molecule has 2 rings (SSSR count). The first kappa shape index (κ1) is 15.3. The van der Waals surface area contributed by atoms with Gasteiger partial charge in [-0.05, 0) is 37.4 Å². The molecule has 20 heavy (non-hydrogen) atoms. The van der Waals surface area contributed by atoms with Gasteiger partial charge in [-0.1, -0.05) is 33.6 Å². The van der Waals surface area contributed by atoms with Crippen molar-refractivity contribution in [1.82, 2.24) is 5.32 Å². The molecule has 5 heteroatoms. The molecule has 0 radical (unpaired) electrons. The van der Waals surface area contributed by atoms with Crippen LogP contribution in [0.25, 0.3) is 0 Å². The summed E-state index contributed by atoms with van der Waals surface area (Å²) in [5, 5.41) is 3.68. The molecule has 0 aliphatic heterocycles. The minimum Gasteiger partial charge on any atom is -0.496 e. The largest absolute Gasteiger partial charge is 0.496 e. The van der Waals surface area contributed by atoms with E-state index in [-0.39, 0.29) is 11.9 Å². The highest BCUT2D eigenvalue weighted by molar-refractivity contribution is 9.10. The Balaban J connectivity index is 2.54. The Bertz CT molecular complexity index is 621. The van der Waals surface area contributed by atoms with E-state index in [9.17, 15) is 4.39 Å². The van der Waals surface area contributed by atoms with Crippen LogP contribution >= 0.6 is 27.5 Å². The summed E-state index contributed by atoms with van der Waals surface area (Å²) >= 11 is 9.30. The Morgan fingerprint density at radius 3 is 2.55 bits per heavy atom. The molecule has 2 aromatic rings. The molecule has 106 valence electrons. The summed E-state index contributed by atoms with van der Waals surface area (Å²) in [6, 6.07) is 9.95. The molecule has 2 aromatic carbocycles. The van der Waals surface area contributed by atoms with Crippen LogP contribution < -0.4 is 10.1 Å². The van der Waals surface area contributed by atoms with Crippen molar-refractivity contribution >= 4 is 27.5 Å². The quantitative estimate of drug-likeness (QED) is 0.865. The van der Waals surface area contributed by atoms with Crippen LogP contribution in [0.4, 0.5) is 4.39 Å². The monoisotopic (exact) mass is 357 g/mol. The van der Waals surface area contributed by atoms with Crippen molar-refractivity contribution < 1.29 is 9.13 Å². The fourth-order valence-electron chi connectivity index (χ4n) is 2.14. The van der Waals surface area contributed by atoms with Crippen LogP contribution in [-0.4, -0.2) is 14.2 Å². The lowest BCUT2D eigenvalue weighted by Crippen LogP contribution is -2.19. The lowest BCUT2D eigenvalue weighted by molar-refractivity contribution is 0.404. The summed E-state index contributed by atoms with van der Waals surface area (Å²) in [5.74, 6) is 0.372. The zero-order chi connectivity index (χ0) is 14.7. The van der Waals surface area contributed by atoms with Gasteiger partial charge in [-0.15, -0.1) is 0 Å². The van der Waals surface area contributed by atoms with Crippen molar-refractivity contribution in [2.75, 3.05) is 14.2 Å². The molecule has 0 aliphatic rings. The van der Waals surface area contributed by atoms with Crippen molar-refractivity contribution in [1.29, 1.82) is 0 Å². The summed E-state index contributed by atoms with van der Waals surface area (Å²) in [7, 11) is 3.35. The average molecular weight is 359 g/mol. The SMILES string of the molecule is CNC(c1ccc(Br)cc1F)c1cc(Cl)ccc1OC. The van der Waals surface area contributed by atoms with Gasteiger partial charge < -0.3 is 10.1 Å². The zero-order valence-electron chi connectivity index (χ0n) is 11.1. The second-order valence-corrected chi connectivity index (χ2v) is 5.63. The van der Waals surface area contributed by atoms with Gasteiger partial charge in [-0.25, -0.2) is 4.39 Å². The van der Waals surface area contributed by atoms with Crippen molar-refractivity contribution in [2.45, 2.75) is 6.04 Å². The van der Waals surface area contributed by atoms with Gasteiger partial charge in [-0.3, -0.25) is 0 Å². The summed E-state index contributed by atoms with van der Waals surface area (Å²) < 4.78 is 20.2. The third-order valence-electron chi connectivity index (χ3n) is 3.06. The van der Waals surface area contributed by atoms with E-state index in [4.69, 9.17) is 16.3 Å². The smallest absolute Gasteiger partial charge is 0.129 e. The van der Waals surface area contributed by atoms with Gasteiger partial charge in [0.05, 0.1) is 13.2 Å². The number of halogens is 3. The van der Waals surface area contributed by atoms with Gasteiger partial charge in [0.2, 0.25) is 0 Å². The maximum absolute atomic E-state index is 14.2. The predicted molar refractivity (Wildman–Crippen MR) is 83.0 cm³/mol. The Labute approximate surface area is 131 Å². The van der Waals surface area contributed by atoms with E-state index < -0.39 is 0 Å². The second-order valence-electron chi connectivity index (χ2n) is 4.27. The van der Waals surface area contributed by atoms with E-state index >= 15 is 0 Å². The van der Waals surface area contributed by atoms with Crippen LogP contribution in [0.15, 0.2) is 40.9 Å². The van der Waals surface area contributed by atoms with E-state index in [0.717, 1.165) is 5.56 Å². The van der Waals surface area contributed by atoms with E-state index in [1.54, 1.807) is 44.5 Å². The van der Waals surface area contributed by atoms with Crippen molar-refractivity contribution in [3.63, 3.8) is 0 Å². The summed E-state index contributed by atoms with van der Waals surface area (Å²) in [5.41, 5.74) is 1.33. The van der Waals surface area contributed by atoms with Crippen molar-refractivity contribution in [3.05, 3.63) is 62.8 Å². The standard InChI is InChI=1S/C15H14BrClFNO/c1-19-15(11-5-3-9(16)7-13(11)18)12-8-10(17)4-6-14(12)20-2/h3-8,15,19H,1-2H3. The predicted octanol–water partition coefficient (Wildman–Crippen LogP) is 4.56. The Hall–Kier alpha value is -1.10. The topological polar surface area (TPSA) is 21.3 Å². The molecule has 0 heterocycles. The van der Waals surface area contributed by atoms with Gasteiger partial charge in [0, 0.05) is 20.6 Å². The Morgan fingerprint density at radius 1 is 1.20 bits per heavy atom. The Kier molecular flexibility index (Phi) is 5.02. The first-order chi connectivity index (χ1) is 9.56. The van der Waals surface area contributed by atoms with Crippen LogP contribution in [0.5, 0.6) is 5.75 Å². The van der Waals surface area contributed by atoms with E-state index in [2.05, 4.69) is 21.2 Å². The summed E-state index contributed by atoms with van der Waals surface area (Å²) in [4.78, 5) is 0. The molecule has 1 N–H and O–H groups in total. The highest BCUT2D eigenvalue weighted by Gasteiger charge is 2.20. The number of hydrogen-bond donors (Lipinski definition) is 1. The second kappa shape index (κ2) is 6.57. The highest BCUT2D eigenvalue weighted by Crippen LogP contribution is 2.33. The average Bonchev–Trinajstić information content (AvgIpc) is 2.42. The molecule has 1 atom stereocenters. The normalized spacial score (nSPS) is 12.2. The molecular formula is C15H14BrClFNO. The number of nitrogens with one attached hydrogen (secondary N) is 1. The van der Waals surface area contributed by atoms with Crippen molar-refractivity contribution in [3.8, 4) is 5.75 Å². The van der Waals surface area contributed by atoms with Crippen LogP contribution in [0.1, 0.15) is 17.2 Å². The molecule has 0 aromatic heterocycles. The minimum atomic E-state index is -0.336. The van der Waals surface area contributed by atoms with Gasteiger partial charge in [0.1, 0.15) is 11.6 Å². The molecule has 0 aliphatic carbocycles. The summed E-state index contributed by atoms with van der Waals surface area (Å²) in [6.45, 7) is 0. The van der Waals surface area contributed by atoms with Crippen LogP contribution in [0, 0.1) is 5.82 Å². The first-order valence-electron chi connectivity index (χ1n) is 6.02. The number of ether oxygens (including phenoxy) is 1. The Morgan fingerprint density at radius 2 is 1.95 bits per heavy atom. The van der Waals surface area contributed by atoms with E-state index in [1.807, 2.05) is 0 Å². The van der Waals surface area contributed by atoms with E-state index in [1.165, 1.54) is 6.07 Å². The molecule has 0 bridgehead atoms. The van der Waals surface area contributed by atoms with Crippen LogP contribution in [0.2, 0.25) is 5.02 Å². The fraction of sp³-hybridized carbons (Fsp3) is 0.200. The molecule has 0 amide bonds. The maximum atomic E-state index is 14.2. The molecule has 0 spiro atoms. The third kappa shape index (κ3) is 3.14. The minimum absolute atomic E-state index is 0.291. The number of methoxy groups -OCH3 is 1. The lowest BCUT2D eigenvalue weighted by Gasteiger charge is -2.20. The van der Waals surface area contributed by atoms with Crippen LogP contribution in [0.3, 0.4) is 0 Å².